The van der Waals surface area contributed by atoms with E-state index < -0.39 is 0 Å². The van der Waals surface area contributed by atoms with E-state index in [2.05, 4.69) is 17.6 Å². The van der Waals surface area contributed by atoms with Crippen LogP contribution in [0, 0.1) is 5.92 Å². The van der Waals surface area contributed by atoms with Gasteiger partial charge >= 0.3 is 0 Å². The van der Waals surface area contributed by atoms with Crippen molar-refractivity contribution in [3.63, 3.8) is 0 Å². The molecule has 0 bridgehead atoms. The Labute approximate surface area is 148 Å². The molecule has 1 aromatic rings. The van der Waals surface area contributed by atoms with Crippen molar-refractivity contribution in [1.29, 1.82) is 0 Å². The molecule has 6 heteroatoms. The van der Waals surface area contributed by atoms with Crippen molar-refractivity contribution in [1.82, 2.24) is 10.6 Å². The lowest BCUT2D eigenvalue weighted by Gasteiger charge is -2.29. The maximum absolute atomic E-state index is 12.3. The van der Waals surface area contributed by atoms with Gasteiger partial charge in [-0.15, -0.1) is 11.3 Å². The number of carbonyl (C=O) groups excluding carboxylic acids is 2. The van der Waals surface area contributed by atoms with Crippen molar-refractivity contribution in [2.75, 3.05) is 19.6 Å². The second-order valence-electron chi connectivity index (χ2n) is 6.75. The second kappa shape index (κ2) is 9.79. The minimum Gasteiger partial charge on any atom is -0.348 e. The summed E-state index contributed by atoms with van der Waals surface area (Å²) < 4.78 is 0. The van der Waals surface area contributed by atoms with Gasteiger partial charge in [-0.1, -0.05) is 25.8 Å². The highest BCUT2D eigenvalue weighted by Gasteiger charge is 2.24. The first-order valence-electron chi connectivity index (χ1n) is 9.00. The molecular formula is C18H30N3O2S+. The Morgan fingerprint density at radius 1 is 1.25 bits per heavy atom. The number of quaternary nitrogens is 1. The molecule has 0 aliphatic heterocycles. The maximum Gasteiger partial charge on any atom is 0.275 e. The number of hydrogen-bond acceptors (Lipinski definition) is 3. The zero-order valence-corrected chi connectivity index (χ0v) is 15.6. The van der Waals surface area contributed by atoms with E-state index in [0.29, 0.717) is 31.6 Å². The molecule has 1 unspecified atom stereocenters. The number of hydrogen-bond donors (Lipinski definition) is 3. The van der Waals surface area contributed by atoms with Gasteiger partial charge in [0, 0.05) is 10.9 Å². The summed E-state index contributed by atoms with van der Waals surface area (Å²) in [6.07, 6.45) is 4.74. The van der Waals surface area contributed by atoms with Gasteiger partial charge in [0.15, 0.2) is 13.1 Å². The summed E-state index contributed by atoms with van der Waals surface area (Å²) in [5.74, 6) is 0.623. The van der Waals surface area contributed by atoms with Crippen LogP contribution in [0.5, 0.6) is 0 Å². The topological polar surface area (TPSA) is 62.6 Å². The van der Waals surface area contributed by atoms with E-state index in [1.54, 1.807) is 11.3 Å². The van der Waals surface area contributed by atoms with E-state index in [-0.39, 0.29) is 11.8 Å². The third-order valence-electron chi connectivity index (χ3n) is 4.82. The smallest absolute Gasteiger partial charge is 0.275 e. The van der Waals surface area contributed by atoms with Crippen LogP contribution < -0.4 is 15.5 Å². The molecule has 0 aromatic carbocycles. The molecule has 5 nitrogen and oxygen atoms in total. The van der Waals surface area contributed by atoms with Crippen LogP contribution in [0.15, 0.2) is 17.5 Å². The van der Waals surface area contributed by atoms with Crippen LogP contribution in [0.1, 0.15) is 44.4 Å². The second-order valence-corrected chi connectivity index (χ2v) is 7.78. The highest BCUT2D eigenvalue weighted by molar-refractivity contribution is 7.09. The molecule has 2 amide bonds. The number of likely N-dealkylation sites (N-methyl/N-ethyl adjacent to an activating group) is 1. The summed E-state index contributed by atoms with van der Waals surface area (Å²) >= 11 is 1.63. The van der Waals surface area contributed by atoms with Crippen molar-refractivity contribution in [2.45, 2.75) is 52.1 Å². The molecule has 0 saturated heterocycles. The molecule has 24 heavy (non-hydrogen) atoms. The fourth-order valence-corrected chi connectivity index (χ4v) is 3.86. The van der Waals surface area contributed by atoms with Crippen LogP contribution >= 0.6 is 11.3 Å². The molecule has 1 saturated carbocycles. The SMILES string of the molecule is CC[NH+](CC(=O)NCc1cccs1)CC(=O)N[C@H]1CCCC[C@@H]1C. The predicted molar refractivity (Wildman–Crippen MR) is 97.0 cm³/mol. The van der Waals surface area contributed by atoms with Crippen LogP contribution in [0.4, 0.5) is 0 Å². The summed E-state index contributed by atoms with van der Waals surface area (Å²) in [5.41, 5.74) is 0. The van der Waals surface area contributed by atoms with Crippen molar-refractivity contribution in [2.24, 2.45) is 5.92 Å². The van der Waals surface area contributed by atoms with E-state index >= 15 is 0 Å². The molecule has 0 spiro atoms. The minimum absolute atomic E-state index is 0.000848. The molecule has 3 N–H and O–H groups in total. The highest BCUT2D eigenvalue weighted by Crippen LogP contribution is 2.23. The fourth-order valence-electron chi connectivity index (χ4n) is 3.22. The fraction of sp³-hybridized carbons (Fsp3) is 0.667. The van der Waals surface area contributed by atoms with E-state index in [1.807, 2.05) is 24.4 Å². The largest absolute Gasteiger partial charge is 0.348 e. The van der Waals surface area contributed by atoms with Gasteiger partial charge in [0.1, 0.15) is 0 Å². The first kappa shape index (κ1) is 18.9. The first-order valence-corrected chi connectivity index (χ1v) is 9.88. The number of amides is 2. The number of rotatable bonds is 8. The van der Waals surface area contributed by atoms with Crippen molar-refractivity contribution < 1.29 is 14.5 Å². The Hall–Kier alpha value is -1.40. The van der Waals surface area contributed by atoms with Crippen molar-refractivity contribution in [3.8, 4) is 0 Å². The highest BCUT2D eigenvalue weighted by atomic mass is 32.1. The Bertz CT molecular complexity index is 518. The molecule has 2 rings (SSSR count). The molecule has 0 radical (unpaired) electrons. The zero-order chi connectivity index (χ0) is 17.4. The Balaban J connectivity index is 1.71. The number of nitrogens with one attached hydrogen (secondary N) is 3. The monoisotopic (exact) mass is 352 g/mol. The van der Waals surface area contributed by atoms with Crippen LogP contribution in [-0.2, 0) is 16.1 Å². The van der Waals surface area contributed by atoms with Gasteiger partial charge in [-0.05, 0) is 37.1 Å². The van der Waals surface area contributed by atoms with E-state index in [0.717, 1.165) is 22.7 Å². The standard InChI is InChI=1S/C18H29N3O2S/c1-3-21(12-17(22)19-11-15-8-6-10-24-15)13-18(23)20-16-9-5-4-7-14(16)2/h6,8,10,14,16H,3-5,7,9,11-13H2,1-2H3,(H,19,22)(H,20,23)/p+1/t14-,16-/m0/s1. The summed E-state index contributed by atoms with van der Waals surface area (Å²) in [7, 11) is 0. The third-order valence-corrected chi connectivity index (χ3v) is 5.70. The zero-order valence-electron chi connectivity index (χ0n) is 14.8. The summed E-state index contributed by atoms with van der Waals surface area (Å²) in [5, 5.41) is 8.10. The minimum atomic E-state index is -0.000848. The third kappa shape index (κ3) is 6.24. The molecule has 1 aliphatic rings. The lowest BCUT2D eigenvalue weighted by Crippen LogP contribution is -3.14. The molecule has 1 aromatic heterocycles. The maximum atomic E-state index is 12.3. The summed E-state index contributed by atoms with van der Waals surface area (Å²) in [4.78, 5) is 26.5. The van der Waals surface area contributed by atoms with Crippen LogP contribution in [0.2, 0.25) is 0 Å². The molecule has 1 fully saturated rings. The summed E-state index contributed by atoms with van der Waals surface area (Å²) in [6, 6.07) is 4.29. The van der Waals surface area contributed by atoms with Gasteiger partial charge in [-0.2, -0.15) is 0 Å². The van der Waals surface area contributed by atoms with Gasteiger partial charge in [-0.25, -0.2) is 0 Å². The number of carbonyl (C=O) groups is 2. The molecule has 134 valence electrons. The summed E-state index contributed by atoms with van der Waals surface area (Å²) in [6.45, 7) is 6.27. The normalized spacial score (nSPS) is 21.9. The van der Waals surface area contributed by atoms with Gasteiger partial charge in [-0.3, -0.25) is 9.59 Å². The van der Waals surface area contributed by atoms with Crippen LogP contribution in [0.25, 0.3) is 0 Å². The van der Waals surface area contributed by atoms with Gasteiger partial charge in [0.05, 0.1) is 13.1 Å². The van der Waals surface area contributed by atoms with Gasteiger partial charge < -0.3 is 15.5 Å². The lowest BCUT2D eigenvalue weighted by atomic mass is 9.86. The van der Waals surface area contributed by atoms with Gasteiger partial charge in [0.2, 0.25) is 0 Å². The Morgan fingerprint density at radius 2 is 2.00 bits per heavy atom. The average molecular weight is 353 g/mol. The Kier molecular flexibility index (Phi) is 7.72. The Morgan fingerprint density at radius 3 is 2.67 bits per heavy atom. The number of thiophene rings is 1. The van der Waals surface area contributed by atoms with E-state index in [1.165, 1.54) is 19.3 Å². The molecule has 3 atom stereocenters. The predicted octanol–water partition coefficient (Wildman–Crippen LogP) is 0.964. The quantitative estimate of drug-likeness (QED) is 0.653. The van der Waals surface area contributed by atoms with Crippen molar-refractivity contribution in [3.05, 3.63) is 22.4 Å². The van der Waals surface area contributed by atoms with E-state index in [9.17, 15) is 9.59 Å². The average Bonchev–Trinajstić information content (AvgIpc) is 3.08. The molecule has 1 aliphatic carbocycles. The van der Waals surface area contributed by atoms with Crippen molar-refractivity contribution >= 4 is 23.2 Å². The first-order chi connectivity index (χ1) is 11.6. The van der Waals surface area contributed by atoms with E-state index in [4.69, 9.17) is 0 Å². The van der Waals surface area contributed by atoms with Gasteiger partial charge in [0.25, 0.3) is 11.8 Å². The lowest BCUT2D eigenvalue weighted by molar-refractivity contribution is -0.881. The molecular weight excluding hydrogens is 322 g/mol. The van der Waals surface area contributed by atoms with Crippen LogP contribution in [0.3, 0.4) is 0 Å². The van der Waals surface area contributed by atoms with Crippen LogP contribution in [-0.4, -0.2) is 37.5 Å². The molecule has 1 heterocycles.